The zero-order valence-electron chi connectivity index (χ0n) is 14.6. The molecule has 1 aromatic rings. The van der Waals surface area contributed by atoms with Crippen LogP contribution in [0.4, 0.5) is 4.79 Å². The van der Waals surface area contributed by atoms with Crippen LogP contribution in [-0.2, 0) is 14.2 Å². The minimum absolute atomic E-state index is 0.0386. The highest BCUT2D eigenvalue weighted by molar-refractivity contribution is 6.30. The molecule has 0 radical (unpaired) electrons. The smallest absolute Gasteiger partial charge is 0.455 e. The monoisotopic (exact) mass is 356 g/mol. The van der Waals surface area contributed by atoms with E-state index < -0.39 is 18.2 Å². The average Bonchev–Trinajstić information content (AvgIpc) is 2.50. The lowest BCUT2D eigenvalue weighted by molar-refractivity contribution is -0.0148. The summed E-state index contributed by atoms with van der Waals surface area (Å²) in [5.41, 5.74) is 0.222. The molecule has 0 fully saturated rings. The van der Waals surface area contributed by atoms with Crippen LogP contribution in [0.1, 0.15) is 50.9 Å². The molecule has 0 aliphatic rings. The van der Waals surface area contributed by atoms with Crippen molar-refractivity contribution in [2.24, 2.45) is 5.41 Å². The third kappa shape index (κ3) is 8.20. The normalized spacial score (nSPS) is 12.4. The molecule has 0 heterocycles. The highest BCUT2D eigenvalue weighted by atomic mass is 35.5. The predicted octanol–water partition coefficient (Wildman–Crippen LogP) is 4.86. The number of carbonyl (C=O) groups excluding carboxylic acids is 2. The molecule has 1 atom stereocenters. The number of hydrogen-bond acceptors (Lipinski definition) is 5. The first-order chi connectivity index (χ1) is 11.2. The first-order valence-corrected chi connectivity index (χ1v) is 8.35. The molecule has 134 valence electrons. The predicted molar refractivity (Wildman–Crippen MR) is 92.3 cm³/mol. The molecule has 0 saturated carbocycles. The quantitative estimate of drug-likeness (QED) is 0.652. The highest BCUT2D eigenvalue weighted by Crippen LogP contribution is 2.15. The molecule has 0 spiro atoms. The second-order valence-electron chi connectivity index (χ2n) is 6.74. The fraction of sp³-hybridized carbons (Fsp3) is 0.556. The van der Waals surface area contributed by atoms with E-state index in [0.29, 0.717) is 17.0 Å². The molecule has 24 heavy (non-hydrogen) atoms. The Kier molecular flexibility index (Phi) is 8.05. The maximum Gasteiger partial charge on any atom is 0.508 e. The Balaban J connectivity index is 2.51. The summed E-state index contributed by atoms with van der Waals surface area (Å²) in [4.78, 5) is 23.7. The molecule has 1 rings (SSSR count). The van der Waals surface area contributed by atoms with E-state index in [4.69, 9.17) is 25.8 Å². The Bertz CT molecular complexity index is 551. The van der Waals surface area contributed by atoms with Gasteiger partial charge in [0, 0.05) is 5.02 Å². The Hall–Kier alpha value is -1.75. The Morgan fingerprint density at radius 1 is 1.21 bits per heavy atom. The van der Waals surface area contributed by atoms with E-state index in [1.54, 1.807) is 18.2 Å². The van der Waals surface area contributed by atoms with Gasteiger partial charge in [0.05, 0.1) is 12.2 Å². The number of benzene rings is 1. The number of carbonyl (C=O) groups is 2. The number of ether oxygens (including phenoxy) is 3. The Morgan fingerprint density at radius 2 is 1.92 bits per heavy atom. The lowest BCUT2D eigenvalue weighted by atomic mass is 9.99. The van der Waals surface area contributed by atoms with Gasteiger partial charge in [-0.15, -0.1) is 0 Å². The molecular weight excluding hydrogens is 332 g/mol. The number of esters is 1. The van der Waals surface area contributed by atoms with Crippen LogP contribution in [-0.4, -0.2) is 31.4 Å². The number of rotatable bonds is 7. The second kappa shape index (κ2) is 9.52. The lowest BCUT2D eigenvalue weighted by Crippen LogP contribution is -2.26. The van der Waals surface area contributed by atoms with Crippen LogP contribution in [0.25, 0.3) is 0 Å². The summed E-state index contributed by atoms with van der Waals surface area (Å²) in [5, 5.41) is 0.457. The van der Waals surface area contributed by atoms with Gasteiger partial charge < -0.3 is 14.2 Å². The summed E-state index contributed by atoms with van der Waals surface area (Å²) in [5.74, 6) is -0.498. The van der Waals surface area contributed by atoms with Gasteiger partial charge in [-0.2, -0.15) is 0 Å². The molecule has 5 nitrogen and oxygen atoms in total. The maximum absolute atomic E-state index is 12.1. The van der Waals surface area contributed by atoms with E-state index in [1.165, 1.54) is 6.07 Å². The molecule has 0 saturated heterocycles. The molecule has 0 aliphatic heterocycles. The van der Waals surface area contributed by atoms with Gasteiger partial charge in [-0.05, 0) is 30.0 Å². The van der Waals surface area contributed by atoms with E-state index in [2.05, 4.69) is 0 Å². The van der Waals surface area contributed by atoms with Gasteiger partial charge in [-0.3, -0.25) is 0 Å². The van der Waals surface area contributed by atoms with E-state index in [1.807, 2.05) is 27.7 Å². The SMILES string of the molecule is CCCC(COC(=O)OCC(C)(C)C)OC(=O)c1cccc(Cl)c1. The topological polar surface area (TPSA) is 61.8 Å². The third-order valence-corrected chi connectivity index (χ3v) is 3.19. The summed E-state index contributed by atoms with van der Waals surface area (Å²) in [7, 11) is 0. The molecular formula is C18H25ClO5. The van der Waals surface area contributed by atoms with Crippen molar-refractivity contribution in [1.29, 1.82) is 0 Å². The van der Waals surface area contributed by atoms with Crippen LogP contribution < -0.4 is 0 Å². The van der Waals surface area contributed by atoms with Crippen LogP contribution in [0.5, 0.6) is 0 Å². The number of halogens is 1. The molecule has 0 N–H and O–H groups in total. The van der Waals surface area contributed by atoms with E-state index in [0.717, 1.165) is 6.42 Å². The summed E-state index contributed by atoms with van der Waals surface area (Å²) in [6.07, 6.45) is 0.0840. The molecule has 0 bridgehead atoms. The highest BCUT2D eigenvalue weighted by Gasteiger charge is 2.19. The van der Waals surface area contributed by atoms with Gasteiger partial charge in [-0.25, -0.2) is 9.59 Å². The van der Waals surface area contributed by atoms with Crippen LogP contribution in [0, 0.1) is 5.41 Å². The van der Waals surface area contributed by atoms with Crippen molar-refractivity contribution < 1.29 is 23.8 Å². The molecule has 0 aliphatic carbocycles. The van der Waals surface area contributed by atoms with Gasteiger partial charge >= 0.3 is 12.1 Å². The maximum atomic E-state index is 12.1. The molecule has 0 aromatic heterocycles. The van der Waals surface area contributed by atoms with E-state index in [9.17, 15) is 9.59 Å². The summed E-state index contributed by atoms with van der Waals surface area (Å²) in [6.45, 7) is 8.03. The molecule has 0 amide bonds. The second-order valence-corrected chi connectivity index (χ2v) is 7.17. The van der Waals surface area contributed by atoms with Crippen molar-refractivity contribution in [3.63, 3.8) is 0 Å². The lowest BCUT2D eigenvalue weighted by Gasteiger charge is -2.19. The summed E-state index contributed by atoms with van der Waals surface area (Å²) >= 11 is 5.87. The van der Waals surface area contributed by atoms with Crippen molar-refractivity contribution in [2.45, 2.75) is 46.6 Å². The van der Waals surface area contributed by atoms with E-state index in [-0.39, 0.29) is 18.6 Å². The van der Waals surface area contributed by atoms with Gasteiger partial charge in [0.25, 0.3) is 0 Å². The average molecular weight is 357 g/mol. The van der Waals surface area contributed by atoms with Crippen LogP contribution >= 0.6 is 11.6 Å². The standard InChI is InChI=1S/C18H25ClO5/c1-5-7-15(11-22-17(21)23-12-18(2,3)4)24-16(20)13-8-6-9-14(19)10-13/h6,8-10,15H,5,7,11-12H2,1-4H3. The fourth-order valence-corrected chi connectivity index (χ4v) is 2.00. The van der Waals surface area contributed by atoms with Crippen LogP contribution in [0.2, 0.25) is 5.02 Å². The molecule has 1 aromatic carbocycles. The van der Waals surface area contributed by atoms with Gasteiger partial charge in [0.2, 0.25) is 0 Å². The Labute approximate surface area is 148 Å². The van der Waals surface area contributed by atoms with Gasteiger partial charge in [-0.1, -0.05) is 51.8 Å². The molecule has 6 heteroatoms. The number of hydrogen-bond donors (Lipinski definition) is 0. The van der Waals surface area contributed by atoms with Crippen molar-refractivity contribution in [3.05, 3.63) is 34.9 Å². The minimum atomic E-state index is -0.759. The van der Waals surface area contributed by atoms with Crippen molar-refractivity contribution >= 4 is 23.7 Å². The van der Waals surface area contributed by atoms with Crippen LogP contribution in [0.15, 0.2) is 24.3 Å². The van der Waals surface area contributed by atoms with Gasteiger partial charge in [0.15, 0.2) is 0 Å². The van der Waals surface area contributed by atoms with Crippen molar-refractivity contribution in [3.8, 4) is 0 Å². The van der Waals surface area contributed by atoms with Crippen molar-refractivity contribution in [1.82, 2.24) is 0 Å². The summed E-state index contributed by atoms with van der Waals surface area (Å²) < 4.78 is 15.5. The van der Waals surface area contributed by atoms with Gasteiger partial charge in [0.1, 0.15) is 12.7 Å². The third-order valence-electron chi connectivity index (χ3n) is 2.95. The Morgan fingerprint density at radius 3 is 2.50 bits per heavy atom. The largest absolute Gasteiger partial charge is 0.508 e. The fourth-order valence-electron chi connectivity index (χ4n) is 1.81. The zero-order chi connectivity index (χ0) is 18.2. The van der Waals surface area contributed by atoms with Crippen LogP contribution in [0.3, 0.4) is 0 Å². The zero-order valence-corrected chi connectivity index (χ0v) is 15.4. The molecule has 1 unspecified atom stereocenters. The van der Waals surface area contributed by atoms with E-state index >= 15 is 0 Å². The summed E-state index contributed by atoms with van der Waals surface area (Å²) in [6, 6.07) is 6.51. The first-order valence-electron chi connectivity index (χ1n) is 7.97. The first kappa shape index (κ1) is 20.3. The van der Waals surface area contributed by atoms with Crippen molar-refractivity contribution in [2.75, 3.05) is 13.2 Å². The minimum Gasteiger partial charge on any atom is -0.455 e.